The minimum Gasteiger partial charge on any atom is -0.477 e. The van der Waals surface area contributed by atoms with Crippen molar-refractivity contribution in [1.29, 1.82) is 0 Å². The highest BCUT2D eigenvalue weighted by Crippen LogP contribution is 2.25. The van der Waals surface area contributed by atoms with Gasteiger partial charge in [-0.25, -0.2) is 4.79 Å². The number of aromatic amines is 1. The Morgan fingerprint density at radius 2 is 2.05 bits per heavy atom. The molecule has 6 nitrogen and oxygen atoms in total. The minimum absolute atomic E-state index is 0.0726. The first kappa shape index (κ1) is 12.4. The Kier molecular flexibility index (Phi) is 2.96. The number of hydrogen-bond donors (Lipinski definition) is 3. The van der Waals surface area contributed by atoms with E-state index in [-0.39, 0.29) is 17.4 Å². The molecule has 100 valence electrons. The number of carbonyl (C=O) groups excluding carboxylic acids is 1. The summed E-state index contributed by atoms with van der Waals surface area (Å²) < 4.78 is 1.02. The zero-order valence-electron chi connectivity index (χ0n) is 10.1. The highest BCUT2D eigenvalue weighted by atomic mass is 32.1. The monoisotopic (exact) mass is 287 g/mol. The predicted octanol–water partition coefficient (Wildman–Crippen LogP) is 2.57. The molecule has 0 spiro atoms. The van der Waals surface area contributed by atoms with Crippen LogP contribution in [0.1, 0.15) is 20.2 Å². The number of rotatable bonds is 3. The van der Waals surface area contributed by atoms with Crippen LogP contribution in [0.5, 0.6) is 0 Å². The minimum atomic E-state index is -1.13. The van der Waals surface area contributed by atoms with Crippen LogP contribution in [0, 0.1) is 0 Å². The zero-order valence-corrected chi connectivity index (χ0v) is 10.9. The molecule has 1 amide bonds. The van der Waals surface area contributed by atoms with Crippen molar-refractivity contribution in [2.45, 2.75) is 0 Å². The summed E-state index contributed by atoms with van der Waals surface area (Å²) in [7, 11) is 0. The lowest BCUT2D eigenvalue weighted by molar-refractivity contribution is 0.0690. The van der Waals surface area contributed by atoms with Crippen LogP contribution in [0.25, 0.3) is 10.1 Å². The number of H-pyrrole nitrogens is 1. The Balaban J connectivity index is 1.83. The lowest BCUT2D eigenvalue weighted by Crippen LogP contribution is -2.10. The number of aromatic carboxylic acids is 1. The quantitative estimate of drug-likeness (QED) is 0.690. The lowest BCUT2D eigenvalue weighted by atomic mass is 10.2. The number of nitrogens with zero attached hydrogens (tertiary/aromatic N) is 1. The molecule has 1 aromatic carbocycles. The fourth-order valence-electron chi connectivity index (χ4n) is 1.77. The van der Waals surface area contributed by atoms with Gasteiger partial charge in [0.05, 0.1) is 4.88 Å². The molecule has 0 saturated heterocycles. The Labute approximate surface area is 117 Å². The summed E-state index contributed by atoms with van der Waals surface area (Å²) >= 11 is 1.37. The highest BCUT2D eigenvalue weighted by molar-refractivity contribution is 7.20. The second-order valence-electron chi connectivity index (χ2n) is 4.07. The second kappa shape index (κ2) is 4.78. The van der Waals surface area contributed by atoms with Gasteiger partial charge in [0.1, 0.15) is 5.69 Å². The van der Waals surface area contributed by atoms with Crippen LogP contribution in [0.4, 0.5) is 5.82 Å². The fraction of sp³-hybridized carbons (Fsp3) is 0. The molecule has 0 unspecified atom stereocenters. The van der Waals surface area contributed by atoms with E-state index in [2.05, 4.69) is 15.5 Å². The van der Waals surface area contributed by atoms with Crippen molar-refractivity contribution in [3.8, 4) is 0 Å². The van der Waals surface area contributed by atoms with Crippen molar-refractivity contribution in [3.63, 3.8) is 0 Å². The molecule has 3 aromatic rings. The molecule has 0 radical (unpaired) electrons. The van der Waals surface area contributed by atoms with Crippen LogP contribution in [-0.2, 0) is 0 Å². The standard InChI is InChI=1S/C13H9N3O3S/c17-12(14-11-6-8(13(18)19)15-16-11)10-5-7-3-1-2-4-9(7)20-10/h1-6H,(H,18,19)(H2,14,15,16,17). The van der Waals surface area contributed by atoms with Crippen LogP contribution in [-0.4, -0.2) is 27.2 Å². The molecule has 3 N–H and O–H groups in total. The number of anilines is 1. The summed E-state index contributed by atoms with van der Waals surface area (Å²) in [4.78, 5) is 23.3. The van der Waals surface area contributed by atoms with E-state index in [1.807, 2.05) is 24.3 Å². The molecule has 0 fully saturated rings. The molecule has 2 heterocycles. The number of hydrogen-bond acceptors (Lipinski definition) is 4. The van der Waals surface area contributed by atoms with Gasteiger partial charge in [-0.2, -0.15) is 5.10 Å². The topological polar surface area (TPSA) is 95.1 Å². The number of carboxylic acids is 1. The van der Waals surface area contributed by atoms with E-state index in [0.29, 0.717) is 4.88 Å². The number of amides is 1. The molecule has 7 heteroatoms. The maximum Gasteiger partial charge on any atom is 0.353 e. The molecule has 0 saturated carbocycles. The SMILES string of the molecule is O=C(O)c1cc(NC(=O)c2cc3ccccc3s2)n[nH]1. The van der Waals surface area contributed by atoms with Crippen LogP contribution >= 0.6 is 11.3 Å². The van der Waals surface area contributed by atoms with Gasteiger partial charge in [-0.1, -0.05) is 18.2 Å². The van der Waals surface area contributed by atoms with Gasteiger partial charge in [0.25, 0.3) is 5.91 Å². The van der Waals surface area contributed by atoms with E-state index in [1.54, 1.807) is 6.07 Å². The van der Waals surface area contributed by atoms with E-state index in [0.717, 1.165) is 10.1 Å². The summed E-state index contributed by atoms with van der Waals surface area (Å²) in [6.07, 6.45) is 0. The molecule has 0 aliphatic heterocycles. The van der Waals surface area contributed by atoms with Crippen molar-refractivity contribution in [1.82, 2.24) is 10.2 Å². The largest absolute Gasteiger partial charge is 0.477 e. The number of nitrogens with one attached hydrogen (secondary N) is 2. The van der Waals surface area contributed by atoms with Crippen molar-refractivity contribution >= 4 is 39.1 Å². The van der Waals surface area contributed by atoms with Crippen LogP contribution in [0.3, 0.4) is 0 Å². The number of fused-ring (bicyclic) bond motifs is 1. The van der Waals surface area contributed by atoms with Gasteiger partial charge >= 0.3 is 5.97 Å². The molecular weight excluding hydrogens is 278 g/mol. The summed E-state index contributed by atoms with van der Waals surface area (Å²) in [6, 6.07) is 10.7. The van der Waals surface area contributed by atoms with Gasteiger partial charge < -0.3 is 10.4 Å². The number of thiophene rings is 1. The molecule has 0 bridgehead atoms. The molecule has 2 aromatic heterocycles. The summed E-state index contributed by atoms with van der Waals surface area (Å²) in [6.45, 7) is 0. The molecule has 0 atom stereocenters. The number of aromatic nitrogens is 2. The van der Waals surface area contributed by atoms with Crippen LogP contribution in [0.15, 0.2) is 36.4 Å². The molecule has 0 aliphatic carbocycles. The first-order valence-electron chi connectivity index (χ1n) is 5.72. The fourth-order valence-corrected chi connectivity index (χ4v) is 2.72. The number of carboxylic acid groups (broad SMARTS) is 1. The summed E-state index contributed by atoms with van der Waals surface area (Å²) in [5, 5.41) is 18.4. The van der Waals surface area contributed by atoms with Gasteiger partial charge in [-0.05, 0) is 17.5 Å². The van der Waals surface area contributed by atoms with Crippen molar-refractivity contribution in [2.75, 3.05) is 5.32 Å². The van der Waals surface area contributed by atoms with E-state index >= 15 is 0 Å². The first-order chi connectivity index (χ1) is 9.63. The van der Waals surface area contributed by atoms with E-state index in [1.165, 1.54) is 17.4 Å². The smallest absolute Gasteiger partial charge is 0.353 e. The Hall–Kier alpha value is -2.67. The third-order valence-electron chi connectivity index (χ3n) is 2.70. The third kappa shape index (κ3) is 2.26. The first-order valence-corrected chi connectivity index (χ1v) is 6.54. The molecule has 3 rings (SSSR count). The second-order valence-corrected chi connectivity index (χ2v) is 5.16. The van der Waals surface area contributed by atoms with E-state index in [4.69, 9.17) is 5.11 Å². The average molecular weight is 287 g/mol. The summed E-state index contributed by atoms with van der Waals surface area (Å²) in [5.41, 5.74) is -0.0726. The predicted molar refractivity (Wildman–Crippen MR) is 75.3 cm³/mol. The highest BCUT2D eigenvalue weighted by Gasteiger charge is 2.13. The van der Waals surface area contributed by atoms with Gasteiger partial charge in [0, 0.05) is 10.8 Å². The zero-order chi connectivity index (χ0) is 14.1. The van der Waals surface area contributed by atoms with Crippen molar-refractivity contribution < 1.29 is 14.7 Å². The van der Waals surface area contributed by atoms with Gasteiger partial charge in [-0.15, -0.1) is 11.3 Å². The van der Waals surface area contributed by atoms with E-state index in [9.17, 15) is 9.59 Å². The normalized spacial score (nSPS) is 10.6. The van der Waals surface area contributed by atoms with Gasteiger partial charge in [-0.3, -0.25) is 9.89 Å². The number of carbonyl (C=O) groups is 2. The third-order valence-corrected chi connectivity index (χ3v) is 3.81. The summed E-state index contributed by atoms with van der Waals surface area (Å²) in [5.74, 6) is -1.25. The van der Waals surface area contributed by atoms with Gasteiger partial charge in [0.15, 0.2) is 5.82 Å². The van der Waals surface area contributed by atoms with Gasteiger partial charge in [0.2, 0.25) is 0 Å². The molecule has 0 aliphatic rings. The Morgan fingerprint density at radius 1 is 1.25 bits per heavy atom. The molecule has 20 heavy (non-hydrogen) atoms. The van der Waals surface area contributed by atoms with Crippen molar-refractivity contribution in [2.24, 2.45) is 0 Å². The Morgan fingerprint density at radius 3 is 2.75 bits per heavy atom. The van der Waals surface area contributed by atoms with Crippen LogP contribution in [0.2, 0.25) is 0 Å². The maximum absolute atomic E-state index is 12.1. The van der Waals surface area contributed by atoms with Crippen LogP contribution < -0.4 is 5.32 Å². The van der Waals surface area contributed by atoms with E-state index < -0.39 is 5.97 Å². The number of benzene rings is 1. The molecular formula is C13H9N3O3S. The lowest BCUT2D eigenvalue weighted by Gasteiger charge is -1.97. The van der Waals surface area contributed by atoms with Crippen molar-refractivity contribution in [3.05, 3.63) is 47.0 Å². The Bertz CT molecular complexity index is 773. The average Bonchev–Trinajstić information content (AvgIpc) is 3.04. The maximum atomic E-state index is 12.1.